The van der Waals surface area contributed by atoms with Crippen molar-refractivity contribution in [1.82, 2.24) is 15.6 Å². The fraction of sp³-hybridized carbons (Fsp3) is 0.750. The van der Waals surface area contributed by atoms with Gasteiger partial charge in [-0.2, -0.15) is 0 Å². The van der Waals surface area contributed by atoms with Gasteiger partial charge in [-0.3, -0.25) is 4.99 Å². The molecule has 0 spiro atoms. The van der Waals surface area contributed by atoms with Crippen molar-refractivity contribution in [2.45, 2.75) is 57.9 Å². The average molecular weight is 306 g/mol. The Bertz CT molecular complexity index is 485. The Balaban J connectivity index is 1.38. The highest BCUT2D eigenvalue weighted by atomic mass is 32.1. The van der Waals surface area contributed by atoms with E-state index in [2.05, 4.69) is 22.5 Å². The molecule has 0 radical (unpaired) electrons. The summed E-state index contributed by atoms with van der Waals surface area (Å²) in [6, 6.07) is 0.627. The van der Waals surface area contributed by atoms with Gasteiger partial charge in [0.05, 0.1) is 10.7 Å². The molecule has 0 amide bonds. The molecule has 1 aromatic heterocycles. The van der Waals surface area contributed by atoms with Crippen LogP contribution in [0.15, 0.2) is 4.99 Å². The highest BCUT2D eigenvalue weighted by molar-refractivity contribution is 7.11. The second kappa shape index (κ2) is 6.77. The van der Waals surface area contributed by atoms with E-state index < -0.39 is 0 Å². The van der Waals surface area contributed by atoms with E-state index in [9.17, 15) is 0 Å². The Morgan fingerprint density at radius 2 is 2.19 bits per heavy atom. The summed E-state index contributed by atoms with van der Waals surface area (Å²) in [6.45, 7) is 3.24. The summed E-state index contributed by atoms with van der Waals surface area (Å²) in [5, 5.41) is 8.19. The zero-order chi connectivity index (χ0) is 14.7. The van der Waals surface area contributed by atoms with Crippen molar-refractivity contribution in [2.24, 2.45) is 10.9 Å². The van der Waals surface area contributed by atoms with Crippen molar-refractivity contribution in [3.05, 3.63) is 15.6 Å². The predicted octanol–water partition coefficient (Wildman–Crippen LogP) is 2.53. The van der Waals surface area contributed by atoms with Gasteiger partial charge >= 0.3 is 0 Å². The highest BCUT2D eigenvalue weighted by Gasteiger charge is 2.33. The van der Waals surface area contributed by atoms with Gasteiger partial charge in [-0.05, 0) is 44.4 Å². The molecule has 1 aromatic rings. The van der Waals surface area contributed by atoms with Gasteiger partial charge in [-0.25, -0.2) is 4.98 Å². The predicted molar refractivity (Wildman–Crippen MR) is 89.1 cm³/mol. The molecule has 0 saturated heterocycles. The molecule has 1 fully saturated rings. The Kier molecular flexibility index (Phi) is 4.78. The normalized spacial score (nSPS) is 24.6. The zero-order valence-corrected chi connectivity index (χ0v) is 13.9. The number of thiazole rings is 1. The quantitative estimate of drug-likeness (QED) is 0.499. The Morgan fingerprint density at radius 3 is 2.90 bits per heavy atom. The first-order chi connectivity index (χ1) is 10.3. The van der Waals surface area contributed by atoms with Gasteiger partial charge in [0.15, 0.2) is 5.96 Å². The minimum Gasteiger partial charge on any atom is -0.356 e. The second-order valence-corrected chi connectivity index (χ2v) is 7.42. The smallest absolute Gasteiger partial charge is 0.191 e. The molecule has 3 rings (SSSR count). The molecule has 2 unspecified atom stereocenters. The van der Waals surface area contributed by atoms with E-state index in [0.717, 1.165) is 31.3 Å². The second-order valence-electron chi connectivity index (χ2n) is 6.25. The van der Waals surface area contributed by atoms with Crippen molar-refractivity contribution in [3.8, 4) is 0 Å². The number of aromatic nitrogens is 1. The van der Waals surface area contributed by atoms with E-state index in [0.29, 0.717) is 6.04 Å². The number of rotatable bonds is 5. The molecule has 2 aliphatic carbocycles. The first-order valence-corrected chi connectivity index (χ1v) is 9.02. The SMILES string of the molecule is CN=C(NCCCc1nc2c(s1)CCCC2)NC1CC1C. The monoisotopic (exact) mass is 306 g/mol. The summed E-state index contributed by atoms with van der Waals surface area (Å²) < 4.78 is 0. The Hall–Kier alpha value is -1.10. The van der Waals surface area contributed by atoms with Gasteiger partial charge in [-0.15, -0.1) is 11.3 Å². The highest BCUT2D eigenvalue weighted by Crippen LogP contribution is 2.29. The number of guanidine groups is 1. The van der Waals surface area contributed by atoms with Crippen molar-refractivity contribution in [1.29, 1.82) is 0 Å². The van der Waals surface area contributed by atoms with Crippen LogP contribution < -0.4 is 10.6 Å². The largest absolute Gasteiger partial charge is 0.356 e. The summed E-state index contributed by atoms with van der Waals surface area (Å²) >= 11 is 1.94. The third-order valence-electron chi connectivity index (χ3n) is 4.41. The number of nitrogens with zero attached hydrogens (tertiary/aromatic N) is 2. The molecule has 2 atom stereocenters. The minimum absolute atomic E-state index is 0.627. The lowest BCUT2D eigenvalue weighted by atomic mass is 10.0. The first kappa shape index (κ1) is 14.8. The van der Waals surface area contributed by atoms with Crippen LogP contribution in [0, 0.1) is 5.92 Å². The molecule has 2 aliphatic rings. The van der Waals surface area contributed by atoms with Crippen LogP contribution in [-0.4, -0.2) is 30.6 Å². The number of hydrogen-bond donors (Lipinski definition) is 2. The number of hydrogen-bond acceptors (Lipinski definition) is 3. The van der Waals surface area contributed by atoms with Crippen LogP contribution >= 0.6 is 11.3 Å². The third-order valence-corrected chi connectivity index (χ3v) is 5.62. The summed E-state index contributed by atoms with van der Waals surface area (Å²) in [6.07, 6.45) is 8.58. The van der Waals surface area contributed by atoms with E-state index in [1.165, 1.54) is 42.8 Å². The Labute approximate surface area is 131 Å². The lowest BCUT2D eigenvalue weighted by Crippen LogP contribution is -2.39. The maximum absolute atomic E-state index is 4.80. The van der Waals surface area contributed by atoms with Crippen molar-refractivity contribution >= 4 is 17.3 Å². The fourth-order valence-electron chi connectivity index (χ4n) is 2.85. The summed E-state index contributed by atoms with van der Waals surface area (Å²) in [4.78, 5) is 10.6. The molecule has 5 heteroatoms. The number of aliphatic imine (C=N–C) groups is 1. The van der Waals surface area contributed by atoms with Gasteiger partial charge in [0.2, 0.25) is 0 Å². The maximum atomic E-state index is 4.80. The molecular formula is C16H26N4S. The van der Waals surface area contributed by atoms with Gasteiger partial charge in [0.25, 0.3) is 0 Å². The molecule has 2 N–H and O–H groups in total. The lowest BCUT2D eigenvalue weighted by molar-refractivity contribution is 0.678. The standard InChI is InChI=1S/C16H26N4S/c1-11-10-13(11)20-16(17-2)18-9-5-8-15-19-12-6-3-4-7-14(12)21-15/h11,13H,3-10H2,1-2H3,(H2,17,18,20). The molecule has 21 heavy (non-hydrogen) atoms. The van der Waals surface area contributed by atoms with Gasteiger partial charge in [0, 0.05) is 30.9 Å². The van der Waals surface area contributed by atoms with Crippen LogP contribution in [0.2, 0.25) is 0 Å². The molecular weight excluding hydrogens is 280 g/mol. The van der Waals surface area contributed by atoms with Crippen molar-refractivity contribution < 1.29 is 0 Å². The third kappa shape index (κ3) is 3.96. The van der Waals surface area contributed by atoms with E-state index in [1.807, 2.05) is 18.4 Å². The van der Waals surface area contributed by atoms with Gasteiger partial charge in [-0.1, -0.05) is 6.92 Å². The van der Waals surface area contributed by atoms with Gasteiger partial charge in [0.1, 0.15) is 0 Å². The van der Waals surface area contributed by atoms with Gasteiger partial charge < -0.3 is 10.6 Å². The first-order valence-electron chi connectivity index (χ1n) is 8.21. The van der Waals surface area contributed by atoms with Crippen LogP contribution in [0.25, 0.3) is 0 Å². The number of nitrogens with one attached hydrogen (secondary N) is 2. The molecule has 0 aromatic carbocycles. The van der Waals surface area contributed by atoms with E-state index >= 15 is 0 Å². The fourth-order valence-corrected chi connectivity index (χ4v) is 4.05. The zero-order valence-electron chi connectivity index (χ0n) is 13.1. The van der Waals surface area contributed by atoms with Crippen LogP contribution in [0.3, 0.4) is 0 Å². The van der Waals surface area contributed by atoms with E-state index in [4.69, 9.17) is 4.98 Å². The minimum atomic E-state index is 0.627. The topological polar surface area (TPSA) is 49.3 Å². The molecule has 4 nitrogen and oxygen atoms in total. The van der Waals surface area contributed by atoms with Crippen LogP contribution in [0.4, 0.5) is 0 Å². The van der Waals surface area contributed by atoms with Crippen LogP contribution in [0.5, 0.6) is 0 Å². The van der Waals surface area contributed by atoms with Crippen LogP contribution in [0.1, 0.15) is 48.2 Å². The lowest BCUT2D eigenvalue weighted by Gasteiger charge is -2.10. The maximum Gasteiger partial charge on any atom is 0.191 e. The molecule has 0 bridgehead atoms. The van der Waals surface area contributed by atoms with Crippen LogP contribution in [-0.2, 0) is 19.3 Å². The average Bonchev–Trinajstić information content (AvgIpc) is 3.02. The van der Waals surface area contributed by atoms with E-state index in [1.54, 1.807) is 4.88 Å². The molecule has 0 aliphatic heterocycles. The number of aryl methyl sites for hydroxylation is 3. The molecule has 1 saturated carbocycles. The summed E-state index contributed by atoms with van der Waals surface area (Å²) in [5.74, 6) is 1.74. The summed E-state index contributed by atoms with van der Waals surface area (Å²) in [7, 11) is 1.84. The molecule has 116 valence electrons. The van der Waals surface area contributed by atoms with Crippen molar-refractivity contribution in [2.75, 3.05) is 13.6 Å². The molecule has 1 heterocycles. The van der Waals surface area contributed by atoms with E-state index in [-0.39, 0.29) is 0 Å². The summed E-state index contributed by atoms with van der Waals surface area (Å²) in [5.41, 5.74) is 1.38. The number of fused-ring (bicyclic) bond motifs is 1. The van der Waals surface area contributed by atoms with Crippen molar-refractivity contribution in [3.63, 3.8) is 0 Å². The Morgan fingerprint density at radius 1 is 1.38 bits per heavy atom.